The van der Waals surface area contributed by atoms with Crippen molar-refractivity contribution in [3.8, 4) is 0 Å². The molecule has 0 amide bonds. The molecule has 1 N–H and O–H groups in total. The van der Waals surface area contributed by atoms with Crippen LogP contribution in [0, 0.1) is 5.92 Å². The summed E-state index contributed by atoms with van der Waals surface area (Å²) < 4.78 is 0. The minimum absolute atomic E-state index is 0. The normalized spacial score (nSPS) is 26.6. The molecule has 3 heteroatoms. The zero-order valence-corrected chi connectivity index (χ0v) is 11.6. The Hall–Kier alpha value is 0.210. The Kier molecular flexibility index (Phi) is 6.09. The molecule has 2 fully saturated rings. The van der Waals surface area contributed by atoms with E-state index in [2.05, 4.69) is 24.1 Å². The fourth-order valence-corrected chi connectivity index (χ4v) is 2.88. The Morgan fingerprint density at radius 2 is 1.94 bits per heavy atom. The maximum atomic E-state index is 3.53. The van der Waals surface area contributed by atoms with Crippen molar-refractivity contribution in [1.29, 1.82) is 0 Å². The summed E-state index contributed by atoms with van der Waals surface area (Å²) in [6.07, 6.45) is 7.15. The lowest BCUT2D eigenvalue weighted by molar-refractivity contribution is 0.0711. The molecule has 16 heavy (non-hydrogen) atoms. The molecular formula is C13H27ClN2. The van der Waals surface area contributed by atoms with E-state index in [-0.39, 0.29) is 12.4 Å². The molecule has 2 rings (SSSR count). The molecule has 1 atom stereocenters. The highest BCUT2D eigenvalue weighted by atomic mass is 35.5. The Morgan fingerprint density at radius 1 is 1.19 bits per heavy atom. The number of hydrogen-bond acceptors (Lipinski definition) is 2. The minimum atomic E-state index is 0. The first-order valence-corrected chi connectivity index (χ1v) is 6.74. The van der Waals surface area contributed by atoms with Gasteiger partial charge in [0.05, 0.1) is 0 Å². The molecule has 1 saturated heterocycles. The van der Waals surface area contributed by atoms with Crippen LogP contribution in [0.5, 0.6) is 0 Å². The lowest BCUT2D eigenvalue weighted by atomic mass is 9.88. The Morgan fingerprint density at radius 3 is 2.38 bits per heavy atom. The molecule has 1 aliphatic heterocycles. The van der Waals surface area contributed by atoms with Gasteiger partial charge in [0.15, 0.2) is 0 Å². The SMILES string of the molecule is CC(C)N(CC1CCCNC1)C1CCC1.Cl. The van der Waals surface area contributed by atoms with Crippen molar-refractivity contribution in [1.82, 2.24) is 10.2 Å². The minimum Gasteiger partial charge on any atom is -0.316 e. The van der Waals surface area contributed by atoms with Crippen LogP contribution in [0.1, 0.15) is 46.0 Å². The van der Waals surface area contributed by atoms with Gasteiger partial charge in [0.1, 0.15) is 0 Å². The van der Waals surface area contributed by atoms with Gasteiger partial charge in [0.25, 0.3) is 0 Å². The monoisotopic (exact) mass is 246 g/mol. The first kappa shape index (κ1) is 14.3. The standard InChI is InChI=1S/C13H26N2.ClH/c1-11(2)15(13-6-3-7-13)10-12-5-4-8-14-9-12;/h11-14H,3-10H2,1-2H3;1H. The maximum absolute atomic E-state index is 3.53. The molecule has 96 valence electrons. The molecule has 0 radical (unpaired) electrons. The van der Waals surface area contributed by atoms with E-state index in [1.807, 2.05) is 0 Å². The maximum Gasteiger partial charge on any atom is 0.00981 e. The molecule has 1 aliphatic carbocycles. The van der Waals surface area contributed by atoms with Crippen LogP contribution in [0.15, 0.2) is 0 Å². The van der Waals surface area contributed by atoms with E-state index in [1.165, 1.54) is 51.7 Å². The number of nitrogens with zero attached hydrogens (tertiary/aromatic N) is 1. The summed E-state index contributed by atoms with van der Waals surface area (Å²) in [5.41, 5.74) is 0. The van der Waals surface area contributed by atoms with Crippen LogP contribution in [0.25, 0.3) is 0 Å². The number of rotatable bonds is 4. The molecule has 2 aliphatic rings. The Balaban J connectivity index is 0.00000128. The van der Waals surface area contributed by atoms with Crippen LogP contribution in [-0.2, 0) is 0 Å². The van der Waals surface area contributed by atoms with E-state index in [0.717, 1.165) is 18.0 Å². The number of halogens is 1. The van der Waals surface area contributed by atoms with E-state index in [9.17, 15) is 0 Å². The molecule has 0 aromatic rings. The first-order chi connectivity index (χ1) is 7.27. The molecule has 2 nitrogen and oxygen atoms in total. The predicted octanol–water partition coefficient (Wildman–Crippen LogP) is 2.67. The molecule has 0 spiro atoms. The number of hydrogen-bond donors (Lipinski definition) is 1. The topological polar surface area (TPSA) is 15.3 Å². The number of piperidine rings is 1. The second kappa shape index (κ2) is 6.83. The quantitative estimate of drug-likeness (QED) is 0.821. The van der Waals surface area contributed by atoms with E-state index in [1.54, 1.807) is 0 Å². The lowest BCUT2D eigenvalue weighted by Crippen LogP contribution is -2.48. The Bertz CT molecular complexity index is 186. The third-order valence-corrected chi connectivity index (χ3v) is 4.07. The first-order valence-electron chi connectivity index (χ1n) is 6.74. The second-order valence-electron chi connectivity index (χ2n) is 5.59. The fourth-order valence-electron chi connectivity index (χ4n) is 2.88. The molecule has 1 unspecified atom stereocenters. The van der Waals surface area contributed by atoms with Crippen molar-refractivity contribution >= 4 is 12.4 Å². The van der Waals surface area contributed by atoms with E-state index < -0.39 is 0 Å². The van der Waals surface area contributed by atoms with Crippen LogP contribution in [0.2, 0.25) is 0 Å². The predicted molar refractivity (Wildman–Crippen MR) is 72.3 cm³/mol. The smallest absolute Gasteiger partial charge is 0.00981 e. The third kappa shape index (κ3) is 3.61. The average molecular weight is 247 g/mol. The molecule has 0 aromatic carbocycles. The zero-order chi connectivity index (χ0) is 10.7. The van der Waals surface area contributed by atoms with Gasteiger partial charge in [-0.3, -0.25) is 4.90 Å². The molecule has 0 aromatic heterocycles. The van der Waals surface area contributed by atoms with Gasteiger partial charge in [0, 0.05) is 18.6 Å². The summed E-state index contributed by atoms with van der Waals surface area (Å²) in [5.74, 6) is 0.904. The highest BCUT2D eigenvalue weighted by Crippen LogP contribution is 2.28. The summed E-state index contributed by atoms with van der Waals surface area (Å²) in [6.45, 7) is 8.52. The zero-order valence-electron chi connectivity index (χ0n) is 10.7. The molecule has 1 heterocycles. The second-order valence-corrected chi connectivity index (χ2v) is 5.59. The van der Waals surface area contributed by atoms with Crippen LogP contribution >= 0.6 is 12.4 Å². The van der Waals surface area contributed by atoms with Crippen LogP contribution in [0.4, 0.5) is 0 Å². The highest BCUT2D eigenvalue weighted by Gasteiger charge is 2.28. The third-order valence-electron chi connectivity index (χ3n) is 4.07. The largest absolute Gasteiger partial charge is 0.316 e. The van der Waals surface area contributed by atoms with Crippen molar-refractivity contribution < 1.29 is 0 Å². The summed E-state index contributed by atoms with van der Waals surface area (Å²) in [7, 11) is 0. The van der Waals surface area contributed by atoms with E-state index >= 15 is 0 Å². The van der Waals surface area contributed by atoms with Gasteiger partial charge < -0.3 is 5.32 Å². The molecule has 1 saturated carbocycles. The van der Waals surface area contributed by atoms with Gasteiger partial charge in [-0.15, -0.1) is 12.4 Å². The van der Waals surface area contributed by atoms with Crippen molar-refractivity contribution in [2.75, 3.05) is 19.6 Å². The van der Waals surface area contributed by atoms with Crippen LogP contribution in [0.3, 0.4) is 0 Å². The van der Waals surface area contributed by atoms with Crippen LogP contribution in [-0.4, -0.2) is 36.6 Å². The van der Waals surface area contributed by atoms with Crippen molar-refractivity contribution in [3.63, 3.8) is 0 Å². The van der Waals surface area contributed by atoms with Gasteiger partial charge in [-0.1, -0.05) is 6.42 Å². The summed E-state index contributed by atoms with van der Waals surface area (Å²) in [6, 6.07) is 1.64. The van der Waals surface area contributed by atoms with Gasteiger partial charge in [-0.2, -0.15) is 0 Å². The van der Waals surface area contributed by atoms with Gasteiger partial charge in [-0.25, -0.2) is 0 Å². The summed E-state index contributed by atoms with van der Waals surface area (Å²) in [4.78, 5) is 2.75. The van der Waals surface area contributed by atoms with Crippen molar-refractivity contribution in [2.24, 2.45) is 5.92 Å². The van der Waals surface area contributed by atoms with Crippen molar-refractivity contribution in [2.45, 2.75) is 58.0 Å². The lowest BCUT2D eigenvalue weighted by Gasteiger charge is -2.42. The molecular weight excluding hydrogens is 220 g/mol. The van der Waals surface area contributed by atoms with E-state index in [4.69, 9.17) is 0 Å². The highest BCUT2D eigenvalue weighted by molar-refractivity contribution is 5.85. The van der Waals surface area contributed by atoms with E-state index in [0.29, 0.717) is 0 Å². The number of nitrogens with one attached hydrogen (secondary N) is 1. The van der Waals surface area contributed by atoms with Crippen molar-refractivity contribution in [3.05, 3.63) is 0 Å². The summed E-state index contributed by atoms with van der Waals surface area (Å²) in [5, 5.41) is 3.53. The summed E-state index contributed by atoms with van der Waals surface area (Å²) >= 11 is 0. The molecule has 0 bridgehead atoms. The average Bonchev–Trinajstić information content (AvgIpc) is 2.15. The van der Waals surface area contributed by atoms with Gasteiger partial charge in [0.2, 0.25) is 0 Å². The van der Waals surface area contributed by atoms with Gasteiger partial charge in [-0.05, 0) is 58.5 Å². The Labute approximate surface area is 107 Å². The van der Waals surface area contributed by atoms with Gasteiger partial charge >= 0.3 is 0 Å². The fraction of sp³-hybridized carbons (Fsp3) is 1.00. The van der Waals surface area contributed by atoms with Crippen LogP contribution < -0.4 is 5.32 Å².